The maximum Gasteiger partial charge on any atom is 0.251 e. The Hall–Kier alpha value is -2.95. The predicted octanol–water partition coefficient (Wildman–Crippen LogP) is 3.72. The molecule has 4 nitrogen and oxygen atoms in total. The van der Waals surface area contributed by atoms with Crippen molar-refractivity contribution in [2.75, 3.05) is 0 Å². The number of aryl methyl sites for hydroxylation is 1. The van der Waals surface area contributed by atoms with Gasteiger partial charge in [0, 0.05) is 23.9 Å². The molecule has 5 heteroatoms. The Morgan fingerprint density at radius 2 is 2.13 bits per heavy atom. The number of rotatable bonds is 4. The van der Waals surface area contributed by atoms with Gasteiger partial charge in [0.1, 0.15) is 5.82 Å². The highest BCUT2D eigenvalue weighted by molar-refractivity contribution is 5.94. The van der Waals surface area contributed by atoms with Crippen molar-refractivity contribution in [1.82, 2.24) is 10.3 Å². The van der Waals surface area contributed by atoms with Gasteiger partial charge in [0.05, 0.1) is 18.2 Å². The fourth-order valence-corrected chi connectivity index (χ4v) is 2.13. The summed E-state index contributed by atoms with van der Waals surface area (Å²) >= 11 is 0. The molecule has 1 amide bonds. The van der Waals surface area contributed by atoms with Gasteiger partial charge in [-0.15, -0.1) is 0 Å². The molecule has 1 N–H and O–H groups in total. The number of benzene rings is 1. The molecule has 23 heavy (non-hydrogen) atoms. The third kappa shape index (κ3) is 3.45. The Balaban J connectivity index is 1.63. The van der Waals surface area contributed by atoms with E-state index in [0.717, 1.165) is 16.8 Å². The lowest BCUT2D eigenvalue weighted by Crippen LogP contribution is -2.23. The van der Waals surface area contributed by atoms with E-state index in [-0.39, 0.29) is 11.7 Å². The number of hydrogen-bond acceptors (Lipinski definition) is 3. The van der Waals surface area contributed by atoms with Gasteiger partial charge in [-0.2, -0.15) is 0 Å². The van der Waals surface area contributed by atoms with Crippen LogP contribution in [0.5, 0.6) is 0 Å². The van der Waals surface area contributed by atoms with Gasteiger partial charge in [0.25, 0.3) is 5.91 Å². The third-order valence-electron chi connectivity index (χ3n) is 3.53. The molecular weight excluding hydrogens is 295 g/mol. The van der Waals surface area contributed by atoms with E-state index in [0.29, 0.717) is 17.7 Å². The van der Waals surface area contributed by atoms with Crippen molar-refractivity contribution in [3.63, 3.8) is 0 Å². The zero-order chi connectivity index (χ0) is 16.2. The maximum absolute atomic E-state index is 13.5. The van der Waals surface area contributed by atoms with Gasteiger partial charge in [-0.3, -0.25) is 9.78 Å². The number of furan rings is 1. The number of nitrogens with one attached hydrogen (secondary N) is 1. The molecule has 3 aromatic rings. The number of carbonyl (C=O) groups excluding carboxylic acids is 1. The van der Waals surface area contributed by atoms with Crippen molar-refractivity contribution in [2.45, 2.75) is 13.5 Å². The van der Waals surface area contributed by atoms with Gasteiger partial charge in [-0.05, 0) is 42.3 Å². The molecule has 0 atom stereocenters. The van der Waals surface area contributed by atoms with Gasteiger partial charge in [0.15, 0.2) is 0 Å². The van der Waals surface area contributed by atoms with Crippen molar-refractivity contribution >= 4 is 5.91 Å². The second-order valence-corrected chi connectivity index (χ2v) is 5.21. The number of halogens is 1. The van der Waals surface area contributed by atoms with E-state index in [2.05, 4.69) is 10.3 Å². The van der Waals surface area contributed by atoms with Crippen molar-refractivity contribution in [2.24, 2.45) is 0 Å². The summed E-state index contributed by atoms with van der Waals surface area (Å²) in [5.74, 6) is -0.702. The number of pyridine rings is 1. The number of amides is 1. The fraction of sp³-hybridized carbons (Fsp3) is 0.111. The standard InChI is InChI=1S/C18H15FN2O2/c1-12-2-4-14(8-16(12)19)18(22)21-10-13-3-5-17(20-9-13)15-6-7-23-11-15/h2-9,11H,10H2,1H3,(H,21,22). The first-order valence-corrected chi connectivity index (χ1v) is 7.15. The summed E-state index contributed by atoms with van der Waals surface area (Å²) in [5.41, 5.74) is 3.37. The van der Waals surface area contributed by atoms with E-state index >= 15 is 0 Å². The van der Waals surface area contributed by atoms with E-state index < -0.39 is 0 Å². The molecule has 0 aliphatic carbocycles. The van der Waals surface area contributed by atoms with Crippen LogP contribution in [0.25, 0.3) is 11.3 Å². The molecule has 116 valence electrons. The van der Waals surface area contributed by atoms with Crippen molar-refractivity contribution in [3.8, 4) is 11.3 Å². The predicted molar refractivity (Wildman–Crippen MR) is 84.2 cm³/mol. The Morgan fingerprint density at radius 3 is 2.78 bits per heavy atom. The average Bonchev–Trinajstić information content (AvgIpc) is 3.10. The summed E-state index contributed by atoms with van der Waals surface area (Å²) in [5, 5.41) is 2.75. The monoisotopic (exact) mass is 310 g/mol. The first-order chi connectivity index (χ1) is 11.1. The lowest BCUT2D eigenvalue weighted by Gasteiger charge is -2.07. The highest BCUT2D eigenvalue weighted by atomic mass is 19.1. The molecule has 0 saturated carbocycles. The highest BCUT2D eigenvalue weighted by Gasteiger charge is 2.08. The minimum atomic E-state index is -0.385. The Labute approximate surface area is 133 Å². The van der Waals surface area contributed by atoms with Gasteiger partial charge >= 0.3 is 0 Å². The van der Waals surface area contributed by atoms with E-state index in [4.69, 9.17) is 4.42 Å². The van der Waals surface area contributed by atoms with Gasteiger partial charge < -0.3 is 9.73 Å². The van der Waals surface area contributed by atoms with Crippen molar-refractivity contribution in [3.05, 3.63) is 77.6 Å². The van der Waals surface area contributed by atoms with Crippen LogP contribution in [0.2, 0.25) is 0 Å². The second-order valence-electron chi connectivity index (χ2n) is 5.21. The lowest BCUT2D eigenvalue weighted by atomic mass is 10.1. The van der Waals surface area contributed by atoms with Gasteiger partial charge in [0.2, 0.25) is 0 Å². The topological polar surface area (TPSA) is 55.1 Å². The molecule has 0 fully saturated rings. The van der Waals surface area contributed by atoms with Crippen LogP contribution in [0.3, 0.4) is 0 Å². The SMILES string of the molecule is Cc1ccc(C(=O)NCc2ccc(-c3ccoc3)nc2)cc1F. The zero-order valence-corrected chi connectivity index (χ0v) is 12.5. The van der Waals surface area contributed by atoms with Gasteiger partial charge in [-0.1, -0.05) is 12.1 Å². The van der Waals surface area contributed by atoms with E-state index in [1.165, 1.54) is 6.07 Å². The molecule has 0 unspecified atom stereocenters. The first kappa shape index (κ1) is 15.0. The summed E-state index contributed by atoms with van der Waals surface area (Å²) < 4.78 is 18.5. The van der Waals surface area contributed by atoms with Crippen LogP contribution in [-0.2, 0) is 6.54 Å². The van der Waals surface area contributed by atoms with E-state index in [1.807, 2.05) is 18.2 Å². The minimum absolute atomic E-state index is 0.302. The summed E-state index contributed by atoms with van der Waals surface area (Å²) in [7, 11) is 0. The molecule has 2 heterocycles. The average molecular weight is 310 g/mol. The maximum atomic E-state index is 13.5. The van der Waals surface area contributed by atoms with Crippen LogP contribution < -0.4 is 5.32 Å². The molecule has 0 spiro atoms. The molecule has 1 aromatic carbocycles. The Bertz CT molecular complexity index is 812. The van der Waals surface area contributed by atoms with Crippen LogP contribution in [-0.4, -0.2) is 10.9 Å². The van der Waals surface area contributed by atoms with Crippen molar-refractivity contribution < 1.29 is 13.6 Å². The fourth-order valence-electron chi connectivity index (χ4n) is 2.13. The largest absolute Gasteiger partial charge is 0.472 e. The third-order valence-corrected chi connectivity index (χ3v) is 3.53. The van der Waals surface area contributed by atoms with Crippen LogP contribution in [0.1, 0.15) is 21.5 Å². The summed E-state index contributed by atoms with van der Waals surface area (Å²) in [4.78, 5) is 16.4. The minimum Gasteiger partial charge on any atom is -0.472 e. The molecule has 0 radical (unpaired) electrons. The Kier molecular flexibility index (Phi) is 4.19. The quantitative estimate of drug-likeness (QED) is 0.799. The van der Waals surface area contributed by atoms with Crippen molar-refractivity contribution in [1.29, 1.82) is 0 Å². The van der Waals surface area contributed by atoms with Gasteiger partial charge in [-0.25, -0.2) is 4.39 Å². The second kappa shape index (κ2) is 6.44. The van der Waals surface area contributed by atoms with E-state index in [9.17, 15) is 9.18 Å². The summed E-state index contributed by atoms with van der Waals surface area (Å²) in [6.45, 7) is 1.98. The summed E-state index contributed by atoms with van der Waals surface area (Å²) in [6, 6.07) is 10.0. The van der Waals surface area contributed by atoms with Crippen LogP contribution in [0.15, 0.2) is 59.5 Å². The molecule has 0 aliphatic rings. The molecule has 3 rings (SSSR count). The zero-order valence-electron chi connectivity index (χ0n) is 12.5. The molecular formula is C18H15FN2O2. The number of aromatic nitrogens is 1. The van der Waals surface area contributed by atoms with Crippen LogP contribution in [0, 0.1) is 12.7 Å². The first-order valence-electron chi connectivity index (χ1n) is 7.15. The van der Waals surface area contributed by atoms with Crippen LogP contribution >= 0.6 is 0 Å². The highest BCUT2D eigenvalue weighted by Crippen LogP contribution is 2.17. The van der Waals surface area contributed by atoms with Crippen LogP contribution in [0.4, 0.5) is 4.39 Å². The Morgan fingerprint density at radius 1 is 1.26 bits per heavy atom. The normalized spacial score (nSPS) is 10.5. The number of carbonyl (C=O) groups is 1. The number of hydrogen-bond donors (Lipinski definition) is 1. The summed E-state index contributed by atoms with van der Waals surface area (Å²) in [6.07, 6.45) is 4.90. The molecule has 0 saturated heterocycles. The lowest BCUT2D eigenvalue weighted by molar-refractivity contribution is 0.0950. The number of nitrogens with zero attached hydrogens (tertiary/aromatic N) is 1. The van der Waals surface area contributed by atoms with E-state index in [1.54, 1.807) is 37.8 Å². The molecule has 2 aromatic heterocycles. The smallest absolute Gasteiger partial charge is 0.251 e. The molecule has 0 aliphatic heterocycles. The molecule has 0 bridgehead atoms.